The van der Waals surface area contributed by atoms with Crippen LogP contribution < -0.4 is 10.6 Å². The number of ether oxygens (including phenoxy) is 1. The number of nitrogens with one attached hydrogen (secondary N) is 3. The van der Waals surface area contributed by atoms with Crippen LogP contribution in [-0.2, 0) is 16.1 Å². The standard InChI is InChI=1S/C12H18N4O4/c1-7-8(4-14-16-7)3-13-11(19)15-9-5-20-6-12(9,2)10(17)18/h4,9H,3,5-6H2,1-2H3,(H,14,16)(H,17,18)(H2,13,15,19). The number of aromatic nitrogens is 2. The minimum Gasteiger partial charge on any atom is -0.481 e. The number of nitrogens with zero attached hydrogens (tertiary/aromatic N) is 1. The second-order valence-electron chi connectivity index (χ2n) is 5.14. The summed E-state index contributed by atoms with van der Waals surface area (Å²) < 4.78 is 5.17. The number of rotatable bonds is 4. The van der Waals surface area contributed by atoms with E-state index in [1.165, 1.54) is 0 Å². The minimum absolute atomic E-state index is 0.0914. The average molecular weight is 282 g/mol. The maximum absolute atomic E-state index is 11.8. The van der Waals surface area contributed by atoms with Crippen molar-refractivity contribution >= 4 is 12.0 Å². The molecule has 2 atom stereocenters. The van der Waals surface area contributed by atoms with Crippen molar-refractivity contribution in [1.82, 2.24) is 20.8 Å². The molecule has 1 aliphatic heterocycles. The van der Waals surface area contributed by atoms with Crippen molar-refractivity contribution in [3.8, 4) is 0 Å². The molecule has 8 nitrogen and oxygen atoms in total. The first-order chi connectivity index (χ1) is 9.43. The number of urea groups is 1. The second-order valence-corrected chi connectivity index (χ2v) is 5.14. The quantitative estimate of drug-likeness (QED) is 0.620. The molecule has 110 valence electrons. The van der Waals surface area contributed by atoms with Crippen LogP contribution in [0.1, 0.15) is 18.2 Å². The molecule has 0 saturated carbocycles. The summed E-state index contributed by atoms with van der Waals surface area (Å²) >= 11 is 0. The number of carbonyl (C=O) groups excluding carboxylic acids is 1. The molecule has 0 spiro atoms. The summed E-state index contributed by atoms with van der Waals surface area (Å²) in [6.45, 7) is 4.03. The average Bonchev–Trinajstić information content (AvgIpc) is 2.95. The van der Waals surface area contributed by atoms with Gasteiger partial charge in [0.2, 0.25) is 0 Å². The van der Waals surface area contributed by atoms with Gasteiger partial charge in [0.15, 0.2) is 0 Å². The number of carboxylic acid groups (broad SMARTS) is 1. The maximum Gasteiger partial charge on any atom is 0.315 e. The summed E-state index contributed by atoms with van der Waals surface area (Å²) in [7, 11) is 0. The Kier molecular flexibility index (Phi) is 3.93. The molecule has 0 aromatic carbocycles. The van der Waals surface area contributed by atoms with E-state index in [0.717, 1.165) is 11.3 Å². The molecule has 0 radical (unpaired) electrons. The van der Waals surface area contributed by atoms with E-state index >= 15 is 0 Å². The summed E-state index contributed by atoms with van der Waals surface area (Å²) in [5.74, 6) is -0.981. The van der Waals surface area contributed by atoms with E-state index in [-0.39, 0.29) is 13.2 Å². The molecule has 2 rings (SSSR count). The number of carbonyl (C=O) groups is 2. The summed E-state index contributed by atoms with van der Waals surface area (Å²) in [6, 6.07) is -0.973. The Hall–Kier alpha value is -2.09. The first-order valence-electron chi connectivity index (χ1n) is 6.28. The minimum atomic E-state index is -1.09. The van der Waals surface area contributed by atoms with Crippen LogP contribution >= 0.6 is 0 Å². The highest BCUT2D eigenvalue weighted by molar-refractivity contribution is 5.79. The lowest BCUT2D eigenvalue weighted by molar-refractivity contribution is -0.148. The van der Waals surface area contributed by atoms with Crippen molar-refractivity contribution in [2.75, 3.05) is 13.2 Å². The maximum atomic E-state index is 11.8. The van der Waals surface area contributed by atoms with E-state index in [1.807, 2.05) is 6.92 Å². The molecular formula is C12H18N4O4. The lowest BCUT2D eigenvalue weighted by Crippen LogP contribution is -2.52. The van der Waals surface area contributed by atoms with Gasteiger partial charge in [0.05, 0.1) is 25.5 Å². The van der Waals surface area contributed by atoms with Gasteiger partial charge in [-0.3, -0.25) is 9.89 Å². The van der Waals surface area contributed by atoms with Gasteiger partial charge in [-0.05, 0) is 13.8 Å². The monoisotopic (exact) mass is 282 g/mol. The van der Waals surface area contributed by atoms with Crippen molar-refractivity contribution in [2.45, 2.75) is 26.4 Å². The van der Waals surface area contributed by atoms with Gasteiger partial charge < -0.3 is 20.5 Å². The zero-order chi connectivity index (χ0) is 14.8. The number of hydrogen-bond donors (Lipinski definition) is 4. The van der Waals surface area contributed by atoms with Crippen molar-refractivity contribution in [1.29, 1.82) is 0 Å². The number of H-pyrrole nitrogens is 1. The van der Waals surface area contributed by atoms with Crippen LogP contribution in [0.15, 0.2) is 6.20 Å². The highest BCUT2D eigenvalue weighted by atomic mass is 16.5. The second kappa shape index (κ2) is 5.49. The number of aliphatic carboxylic acids is 1. The van der Waals surface area contributed by atoms with Gasteiger partial charge in [-0.2, -0.15) is 5.10 Å². The Morgan fingerprint density at radius 2 is 2.40 bits per heavy atom. The fraction of sp³-hybridized carbons (Fsp3) is 0.583. The third-order valence-corrected chi connectivity index (χ3v) is 3.62. The van der Waals surface area contributed by atoms with Crippen LogP contribution in [0, 0.1) is 12.3 Å². The number of carboxylic acids is 1. The zero-order valence-corrected chi connectivity index (χ0v) is 11.4. The van der Waals surface area contributed by atoms with Gasteiger partial charge in [0.1, 0.15) is 5.41 Å². The Bertz CT molecular complexity index is 515. The predicted molar refractivity (Wildman–Crippen MR) is 69.0 cm³/mol. The molecule has 20 heavy (non-hydrogen) atoms. The van der Waals surface area contributed by atoms with Gasteiger partial charge in [-0.1, -0.05) is 0 Å². The van der Waals surface area contributed by atoms with Crippen molar-refractivity contribution in [3.05, 3.63) is 17.5 Å². The number of hydrogen-bond acceptors (Lipinski definition) is 4. The van der Waals surface area contributed by atoms with Crippen LogP contribution in [0.3, 0.4) is 0 Å². The van der Waals surface area contributed by atoms with Crippen molar-refractivity contribution in [3.63, 3.8) is 0 Å². The molecule has 1 aromatic rings. The highest BCUT2D eigenvalue weighted by Gasteiger charge is 2.47. The van der Waals surface area contributed by atoms with Gasteiger partial charge in [-0.25, -0.2) is 4.79 Å². The van der Waals surface area contributed by atoms with E-state index < -0.39 is 23.5 Å². The summed E-state index contributed by atoms with van der Waals surface area (Å²) in [6.07, 6.45) is 1.63. The molecule has 8 heteroatoms. The first-order valence-corrected chi connectivity index (χ1v) is 6.28. The van der Waals surface area contributed by atoms with Crippen LogP contribution in [0.5, 0.6) is 0 Å². The van der Waals surface area contributed by atoms with E-state index in [4.69, 9.17) is 4.74 Å². The summed E-state index contributed by atoms with van der Waals surface area (Å²) in [5, 5.41) is 21.2. The Morgan fingerprint density at radius 1 is 1.65 bits per heavy atom. The molecule has 2 unspecified atom stereocenters. The molecular weight excluding hydrogens is 264 g/mol. The SMILES string of the molecule is Cc1[nH]ncc1CNC(=O)NC1COCC1(C)C(=O)O. The summed E-state index contributed by atoms with van der Waals surface area (Å²) in [5.41, 5.74) is 0.664. The molecule has 0 bridgehead atoms. The summed E-state index contributed by atoms with van der Waals surface area (Å²) in [4.78, 5) is 23.1. The fourth-order valence-corrected chi connectivity index (χ4v) is 2.02. The van der Waals surface area contributed by atoms with E-state index in [2.05, 4.69) is 20.8 Å². The Balaban J connectivity index is 1.88. The van der Waals surface area contributed by atoms with Crippen LogP contribution in [0.4, 0.5) is 4.79 Å². The first kappa shape index (κ1) is 14.3. The fourth-order valence-electron chi connectivity index (χ4n) is 2.02. The molecule has 1 saturated heterocycles. The smallest absolute Gasteiger partial charge is 0.315 e. The Morgan fingerprint density at radius 3 is 3.00 bits per heavy atom. The number of aromatic amines is 1. The molecule has 1 aliphatic rings. The van der Waals surface area contributed by atoms with Crippen LogP contribution in [-0.4, -0.2) is 46.6 Å². The van der Waals surface area contributed by atoms with E-state index in [0.29, 0.717) is 6.54 Å². The van der Waals surface area contributed by atoms with Crippen LogP contribution in [0.25, 0.3) is 0 Å². The van der Waals surface area contributed by atoms with Gasteiger partial charge in [-0.15, -0.1) is 0 Å². The molecule has 1 fully saturated rings. The molecule has 2 heterocycles. The van der Waals surface area contributed by atoms with Crippen LogP contribution in [0.2, 0.25) is 0 Å². The highest BCUT2D eigenvalue weighted by Crippen LogP contribution is 2.28. The molecule has 4 N–H and O–H groups in total. The van der Waals surface area contributed by atoms with Crippen molar-refractivity contribution < 1.29 is 19.4 Å². The zero-order valence-electron chi connectivity index (χ0n) is 11.4. The molecule has 2 amide bonds. The number of aryl methyl sites for hydroxylation is 1. The lowest BCUT2D eigenvalue weighted by Gasteiger charge is -2.25. The predicted octanol–water partition coefficient (Wildman–Crippen LogP) is 0.00702. The topological polar surface area (TPSA) is 116 Å². The number of amides is 2. The largest absolute Gasteiger partial charge is 0.481 e. The Labute approximate surface area is 115 Å². The third-order valence-electron chi connectivity index (χ3n) is 3.62. The molecule has 1 aromatic heterocycles. The van der Waals surface area contributed by atoms with Gasteiger partial charge >= 0.3 is 12.0 Å². The van der Waals surface area contributed by atoms with Crippen molar-refractivity contribution in [2.24, 2.45) is 5.41 Å². The van der Waals surface area contributed by atoms with E-state index in [1.54, 1.807) is 13.1 Å². The molecule has 0 aliphatic carbocycles. The normalized spacial score (nSPS) is 25.4. The van der Waals surface area contributed by atoms with Gasteiger partial charge in [0, 0.05) is 17.8 Å². The third kappa shape index (κ3) is 2.74. The van der Waals surface area contributed by atoms with Gasteiger partial charge in [0.25, 0.3) is 0 Å². The van der Waals surface area contributed by atoms with E-state index in [9.17, 15) is 14.7 Å². The lowest BCUT2D eigenvalue weighted by atomic mass is 9.85.